The van der Waals surface area contributed by atoms with Crippen molar-refractivity contribution < 1.29 is 18.3 Å². The number of ether oxygens (including phenoxy) is 1. The van der Waals surface area contributed by atoms with Gasteiger partial charge in [-0.2, -0.15) is 5.10 Å². The quantitative estimate of drug-likeness (QED) is 0.777. The van der Waals surface area contributed by atoms with Crippen LogP contribution in [0.15, 0.2) is 36.5 Å². The average molecular weight is 317 g/mol. The molecule has 0 aliphatic carbocycles. The number of amides is 1. The lowest BCUT2D eigenvalue weighted by Crippen LogP contribution is -2.23. The average Bonchev–Trinajstić information content (AvgIpc) is 3.01. The number of methoxy groups -OCH3 is 1. The van der Waals surface area contributed by atoms with Crippen LogP contribution in [0.5, 0.6) is 5.75 Å². The second-order valence-electron chi connectivity index (χ2n) is 4.90. The molecule has 23 heavy (non-hydrogen) atoms. The van der Waals surface area contributed by atoms with Crippen molar-refractivity contribution in [3.63, 3.8) is 0 Å². The zero-order valence-corrected chi connectivity index (χ0v) is 12.2. The minimum absolute atomic E-state index is 0.111. The fourth-order valence-corrected chi connectivity index (χ4v) is 2.35. The predicted molar refractivity (Wildman–Crippen MR) is 80.2 cm³/mol. The summed E-state index contributed by atoms with van der Waals surface area (Å²) < 4.78 is 31.9. The number of H-pyrrole nitrogens is 1. The smallest absolute Gasteiger partial charge is 0.251 e. The zero-order valence-electron chi connectivity index (χ0n) is 12.2. The van der Waals surface area contributed by atoms with E-state index in [2.05, 4.69) is 20.3 Å². The van der Waals surface area contributed by atoms with Crippen LogP contribution in [-0.4, -0.2) is 23.2 Å². The summed E-state index contributed by atoms with van der Waals surface area (Å²) in [5, 5.41) is 10.3. The van der Waals surface area contributed by atoms with Gasteiger partial charge >= 0.3 is 0 Å². The van der Waals surface area contributed by atoms with E-state index in [-0.39, 0.29) is 12.1 Å². The minimum atomic E-state index is -0.922. The summed E-state index contributed by atoms with van der Waals surface area (Å²) >= 11 is 0. The Balaban J connectivity index is 1.79. The first-order chi connectivity index (χ1) is 11.1. The highest BCUT2D eigenvalue weighted by Crippen LogP contribution is 2.23. The van der Waals surface area contributed by atoms with Crippen molar-refractivity contribution in [1.82, 2.24) is 15.5 Å². The molecule has 1 heterocycles. The first-order valence-electron chi connectivity index (χ1n) is 6.82. The van der Waals surface area contributed by atoms with E-state index >= 15 is 0 Å². The monoisotopic (exact) mass is 317 g/mol. The number of fused-ring (bicyclic) bond motifs is 1. The number of rotatable bonds is 4. The molecule has 0 aliphatic heterocycles. The number of carbonyl (C=O) groups is 1. The third-order valence-electron chi connectivity index (χ3n) is 3.48. The van der Waals surface area contributed by atoms with E-state index in [0.29, 0.717) is 0 Å². The van der Waals surface area contributed by atoms with Crippen molar-refractivity contribution in [3.05, 3.63) is 59.3 Å². The SMILES string of the molecule is COc1c(F)cc(C(=O)NCc2cccc3[nH]ncc23)cc1F. The third-order valence-corrected chi connectivity index (χ3v) is 3.48. The lowest BCUT2D eigenvalue weighted by Gasteiger charge is -2.09. The maximum atomic E-state index is 13.6. The van der Waals surface area contributed by atoms with Crippen LogP contribution in [-0.2, 0) is 6.54 Å². The lowest BCUT2D eigenvalue weighted by atomic mass is 10.1. The molecule has 0 saturated heterocycles. The summed E-state index contributed by atoms with van der Waals surface area (Å²) in [6, 6.07) is 7.41. The number of benzene rings is 2. The van der Waals surface area contributed by atoms with Crippen LogP contribution in [0.4, 0.5) is 8.78 Å². The number of nitrogens with zero attached hydrogens (tertiary/aromatic N) is 1. The molecule has 0 unspecified atom stereocenters. The highest BCUT2D eigenvalue weighted by Gasteiger charge is 2.15. The van der Waals surface area contributed by atoms with E-state index in [1.807, 2.05) is 18.2 Å². The molecule has 0 spiro atoms. The van der Waals surface area contributed by atoms with Crippen molar-refractivity contribution in [2.45, 2.75) is 6.54 Å². The van der Waals surface area contributed by atoms with Crippen LogP contribution in [0.25, 0.3) is 10.9 Å². The van der Waals surface area contributed by atoms with Crippen LogP contribution in [0.1, 0.15) is 15.9 Å². The molecule has 118 valence electrons. The number of nitrogens with one attached hydrogen (secondary N) is 2. The van der Waals surface area contributed by atoms with E-state index in [4.69, 9.17) is 0 Å². The lowest BCUT2D eigenvalue weighted by molar-refractivity contribution is 0.0950. The van der Waals surface area contributed by atoms with Gasteiger partial charge in [-0.25, -0.2) is 8.78 Å². The molecule has 5 nitrogen and oxygen atoms in total. The van der Waals surface area contributed by atoms with Gasteiger partial charge in [-0.05, 0) is 23.8 Å². The third kappa shape index (κ3) is 2.85. The van der Waals surface area contributed by atoms with Gasteiger partial charge in [-0.15, -0.1) is 0 Å². The Labute approximate surface area is 130 Å². The van der Waals surface area contributed by atoms with Gasteiger partial charge in [0.25, 0.3) is 5.91 Å². The maximum absolute atomic E-state index is 13.6. The molecule has 3 aromatic rings. The Hall–Kier alpha value is -2.96. The predicted octanol–water partition coefficient (Wildman–Crippen LogP) is 2.78. The van der Waals surface area contributed by atoms with Gasteiger partial charge in [0.15, 0.2) is 17.4 Å². The van der Waals surface area contributed by atoms with E-state index in [0.717, 1.165) is 35.7 Å². The fraction of sp³-hybridized carbons (Fsp3) is 0.125. The second kappa shape index (κ2) is 6.04. The minimum Gasteiger partial charge on any atom is -0.491 e. The molecule has 1 aromatic heterocycles. The van der Waals surface area contributed by atoms with Gasteiger partial charge < -0.3 is 10.1 Å². The van der Waals surface area contributed by atoms with Crippen LogP contribution >= 0.6 is 0 Å². The first-order valence-corrected chi connectivity index (χ1v) is 6.82. The summed E-state index contributed by atoms with van der Waals surface area (Å²) in [5.74, 6) is -2.93. The molecule has 0 atom stereocenters. The second-order valence-corrected chi connectivity index (χ2v) is 4.90. The van der Waals surface area contributed by atoms with Crippen LogP contribution in [0.2, 0.25) is 0 Å². The maximum Gasteiger partial charge on any atom is 0.251 e. The van der Waals surface area contributed by atoms with Gasteiger partial charge in [0.2, 0.25) is 0 Å². The summed E-state index contributed by atoms with van der Waals surface area (Å²) in [6.07, 6.45) is 1.66. The van der Waals surface area contributed by atoms with Crippen molar-refractivity contribution >= 4 is 16.8 Å². The molecule has 0 bridgehead atoms. The standard InChI is InChI=1S/C16H13F2N3O2/c1-23-15-12(17)5-10(6-13(15)18)16(22)19-7-9-3-2-4-14-11(9)8-20-21-14/h2-6,8H,7H2,1H3,(H,19,22)(H,20,21). The summed E-state index contributed by atoms with van der Waals surface area (Å²) in [6.45, 7) is 0.213. The van der Waals surface area contributed by atoms with Gasteiger partial charge in [-0.1, -0.05) is 12.1 Å². The molecule has 2 aromatic carbocycles. The molecule has 3 rings (SSSR count). The number of halogens is 2. The number of hydrogen-bond donors (Lipinski definition) is 2. The van der Waals surface area contributed by atoms with Crippen LogP contribution in [0.3, 0.4) is 0 Å². The summed E-state index contributed by atoms with van der Waals surface area (Å²) in [7, 11) is 1.16. The van der Waals surface area contributed by atoms with E-state index < -0.39 is 23.3 Å². The molecular formula is C16H13F2N3O2. The topological polar surface area (TPSA) is 67.0 Å². The van der Waals surface area contributed by atoms with Gasteiger partial charge in [0.1, 0.15) is 0 Å². The van der Waals surface area contributed by atoms with Gasteiger partial charge in [0, 0.05) is 17.5 Å². The molecule has 7 heteroatoms. The number of aromatic nitrogens is 2. The highest BCUT2D eigenvalue weighted by atomic mass is 19.1. The van der Waals surface area contributed by atoms with Crippen molar-refractivity contribution in [2.24, 2.45) is 0 Å². The fourth-order valence-electron chi connectivity index (χ4n) is 2.35. The number of hydrogen-bond acceptors (Lipinski definition) is 3. The Kier molecular flexibility index (Phi) is 3.92. The largest absolute Gasteiger partial charge is 0.491 e. The normalized spacial score (nSPS) is 10.7. The van der Waals surface area contributed by atoms with Gasteiger partial charge in [0.05, 0.1) is 18.8 Å². The molecule has 0 aliphatic rings. The van der Waals surface area contributed by atoms with Crippen LogP contribution in [0, 0.1) is 11.6 Å². The van der Waals surface area contributed by atoms with Crippen molar-refractivity contribution in [3.8, 4) is 5.75 Å². The van der Waals surface area contributed by atoms with Crippen molar-refractivity contribution in [2.75, 3.05) is 7.11 Å². The summed E-state index contributed by atoms with van der Waals surface area (Å²) in [4.78, 5) is 12.1. The Morgan fingerprint density at radius 3 is 2.74 bits per heavy atom. The molecule has 0 saturated carbocycles. The highest BCUT2D eigenvalue weighted by molar-refractivity contribution is 5.94. The van der Waals surface area contributed by atoms with E-state index in [9.17, 15) is 13.6 Å². The Bertz CT molecular complexity index is 854. The van der Waals surface area contributed by atoms with Crippen molar-refractivity contribution in [1.29, 1.82) is 0 Å². The van der Waals surface area contributed by atoms with E-state index in [1.54, 1.807) is 6.20 Å². The van der Waals surface area contributed by atoms with E-state index in [1.165, 1.54) is 0 Å². The summed E-state index contributed by atoms with van der Waals surface area (Å²) in [5.41, 5.74) is 1.58. The van der Waals surface area contributed by atoms with Gasteiger partial charge in [-0.3, -0.25) is 9.89 Å². The first kappa shape index (κ1) is 15.0. The molecule has 0 fully saturated rings. The molecule has 1 amide bonds. The number of aromatic amines is 1. The molecular weight excluding hydrogens is 304 g/mol. The Morgan fingerprint density at radius 2 is 2.04 bits per heavy atom. The Morgan fingerprint density at radius 1 is 1.30 bits per heavy atom. The van der Waals surface area contributed by atoms with Crippen LogP contribution < -0.4 is 10.1 Å². The molecule has 0 radical (unpaired) electrons. The number of carbonyl (C=O) groups excluding carboxylic acids is 1. The molecule has 2 N–H and O–H groups in total. The zero-order chi connectivity index (χ0) is 16.4.